The summed E-state index contributed by atoms with van der Waals surface area (Å²) < 4.78 is 22.7. The number of carbonyl (C=O) groups excluding carboxylic acids is 1. The van der Waals surface area contributed by atoms with E-state index in [4.69, 9.17) is 9.72 Å². The Morgan fingerprint density at radius 2 is 2.05 bits per heavy atom. The number of alkyl halides is 1. The van der Waals surface area contributed by atoms with Crippen molar-refractivity contribution in [1.29, 1.82) is 0 Å². The van der Waals surface area contributed by atoms with Crippen molar-refractivity contribution in [2.24, 2.45) is 5.41 Å². The second-order valence-corrected chi connectivity index (χ2v) is 12.6. The number of piperidine rings is 1. The van der Waals surface area contributed by atoms with Crippen LogP contribution in [-0.2, 0) is 22.4 Å². The predicted molar refractivity (Wildman–Crippen MR) is 162 cm³/mol. The zero-order valence-electron chi connectivity index (χ0n) is 25.1. The van der Waals surface area contributed by atoms with E-state index < -0.39 is 6.17 Å². The van der Waals surface area contributed by atoms with E-state index in [-0.39, 0.29) is 17.3 Å². The van der Waals surface area contributed by atoms with Gasteiger partial charge in [0.1, 0.15) is 12.0 Å². The average Bonchev–Trinajstić information content (AvgIpc) is 3.33. The normalized spacial score (nSPS) is 20.9. The number of nitrogens with zero attached hydrogens (tertiary/aromatic N) is 5. The van der Waals surface area contributed by atoms with Crippen molar-refractivity contribution in [3.8, 4) is 5.69 Å². The van der Waals surface area contributed by atoms with Gasteiger partial charge in [-0.25, -0.2) is 14.1 Å². The molecule has 2 atom stereocenters. The van der Waals surface area contributed by atoms with Crippen LogP contribution in [0, 0.1) is 19.3 Å². The highest BCUT2D eigenvalue weighted by Gasteiger charge is 2.51. The van der Waals surface area contributed by atoms with Crippen LogP contribution in [-0.4, -0.2) is 89.6 Å². The van der Waals surface area contributed by atoms with E-state index in [1.165, 1.54) is 12.7 Å². The second kappa shape index (κ2) is 12.1. The first-order chi connectivity index (χ1) is 20.3. The van der Waals surface area contributed by atoms with E-state index in [1.807, 2.05) is 30.7 Å². The number of hydrogen-bond acceptors (Lipinski definition) is 7. The summed E-state index contributed by atoms with van der Waals surface area (Å²) in [4.78, 5) is 21.8. The number of carbonyl (C=O) groups is 1. The predicted octanol–water partition coefficient (Wildman–Crippen LogP) is 4.48. The molecule has 5 heterocycles. The first-order valence-electron chi connectivity index (χ1n) is 15.3. The largest absolute Gasteiger partial charge is 0.469 e. The molecule has 2 saturated heterocycles. The lowest BCUT2D eigenvalue weighted by Gasteiger charge is -2.56. The van der Waals surface area contributed by atoms with Gasteiger partial charge in [-0.2, -0.15) is 5.10 Å². The fourth-order valence-electron chi connectivity index (χ4n) is 7.05. The molecule has 1 aromatic carbocycles. The molecule has 6 rings (SSSR count). The molecule has 3 aliphatic rings. The molecule has 2 fully saturated rings. The molecule has 1 spiro atoms. The number of nitrogens with one attached hydrogen (secondary N) is 1. The third-order valence-corrected chi connectivity index (χ3v) is 9.44. The lowest BCUT2D eigenvalue weighted by molar-refractivity contribution is -0.141. The zero-order chi connectivity index (χ0) is 29.3. The van der Waals surface area contributed by atoms with Gasteiger partial charge >= 0.3 is 5.97 Å². The Hall–Kier alpha value is -3.30. The summed E-state index contributed by atoms with van der Waals surface area (Å²) in [6, 6.07) is 14.6. The molecule has 224 valence electrons. The maximum Gasteiger partial charge on any atom is 0.306 e. The number of esters is 1. The van der Waals surface area contributed by atoms with E-state index in [0.29, 0.717) is 19.5 Å². The fraction of sp³-hybridized carbons (Fsp3) is 0.545. The molecule has 8 nitrogen and oxygen atoms in total. The van der Waals surface area contributed by atoms with Crippen molar-refractivity contribution in [3.63, 3.8) is 0 Å². The topological polar surface area (TPSA) is 75.5 Å². The van der Waals surface area contributed by atoms with Gasteiger partial charge in [0.2, 0.25) is 0 Å². The minimum absolute atomic E-state index is 0.0385. The number of ether oxygens (including phenoxy) is 1. The zero-order valence-corrected chi connectivity index (χ0v) is 25.1. The van der Waals surface area contributed by atoms with Crippen LogP contribution in [0.15, 0.2) is 42.5 Å². The molecule has 0 bridgehead atoms. The van der Waals surface area contributed by atoms with Gasteiger partial charge in [-0.3, -0.25) is 4.79 Å². The summed E-state index contributed by atoms with van der Waals surface area (Å²) in [5.41, 5.74) is 6.17. The van der Waals surface area contributed by atoms with Crippen LogP contribution in [0.3, 0.4) is 0 Å². The summed E-state index contributed by atoms with van der Waals surface area (Å²) in [5, 5.41) is 8.04. The number of hydrogen-bond donors (Lipinski definition) is 1. The van der Waals surface area contributed by atoms with Crippen LogP contribution in [0.4, 0.5) is 10.2 Å². The number of fused-ring (bicyclic) bond motifs is 1. The molecular formula is C33H43FN6O2. The minimum Gasteiger partial charge on any atom is -0.469 e. The highest BCUT2D eigenvalue weighted by atomic mass is 19.1. The molecule has 1 unspecified atom stereocenters. The van der Waals surface area contributed by atoms with Crippen LogP contribution in [0.2, 0.25) is 0 Å². The van der Waals surface area contributed by atoms with Gasteiger partial charge in [0.05, 0.1) is 24.9 Å². The maximum absolute atomic E-state index is 15.7. The number of anilines is 1. The lowest BCUT2D eigenvalue weighted by Crippen LogP contribution is -2.66. The third-order valence-electron chi connectivity index (χ3n) is 9.44. The molecular weight excluding hydrogens is 531 g/mol. The van der Waals surface area contributed by atoms with Gasteiger partial charge in [0.25, 0.3) is 0 Å². The van der Waals surface area contributed by atoms with Crippen LogP contribution in [0.5, 0.6) is 0 Å². The van der Waals surface area contributed by atoms with Crippen molar-refractivity contribution >= 4 is 11.8 Å². The molecule has 3 aromatic rings. The van der Waals surface area contributed by atoms with Crippen molar-refractivity contribution in [3.05, 3.63) is 70.7 Å². The lowest BCUT2D eigenvalue weighted by atomic mass is 9.70. The van der Waals surface area contributed by atoms with E-state index >= 15 is 4.39 Å². The molecule has 42 heavy (non-hydrogen) atoms. The van der Waals surface area contributed by atoms with Crippen molar-refractivity contribution < 1.29 is 13.9 Å². The van der Waals surface area contributed by atoms with Gasteiger partial charge < -0.3 is 19.9 Å². The fourth-order valence-corrected chi connectivity index (χ4v) is 7.05. The number of benzene rings is 1. The van der Waals surface area contributed by atoms with Gasteiger partial charge in [-0.15, -0.1) is 0 Å². The second-order valence-electron chi connectivity index (χ2n) is 12.6. The Labute approximate surface area is 248 Å². The standard InChI is InChI=1S/C33H43FN6O2/c1-23-16-24(2)40(37-23)29-8-4-6-26(17-29)27(18-31(41)42-3)19-39-21-33(22-39)12-15-38(20-30(33)34)14-11-28-10-9-25-7-5-13-35-32(25)36-28/h4,6,8-10,16-17,27,30H,5,7,11-15,18-22H2,1-3H3,(H,35,36)/t27-,30?/m1/s1. The summed E-state index contributed by atoms with van der Waals surface area (Å²) >= 11 is 0. The Morgan fingerprint density at radius 3 is 2.81 bits per heavy atom. The molecule has 9 heteroatoms. The van der Waals surface area contributed by atoms with Gasteiger partial charge in [-0.1, -0.05) is 18.2 Å². The summed E-state index contributed by atoms with van der Waals surface area (Å²) in [7, 11) is 1.43. The first kappa shape index (κ1) is 28.8. The number of halogens is 1. The molecule has 0 radical (unpaired) electrons. The van der Waals surface area contributed by atoms with Crippen molar-refractivity contribution in [2.45, 2.75) is 58.0 Å². The van der Waals surface area contributed by atoms with Crippen molar-refractivity contribution in [1.82, 2.24) is 24.6 Å². The quantitative estimate of drug-likeness (QED) is 0.378. The Kier molecular flexibility index (Phi) is 8.32. The highest BCUT2D eigenvalue weighted by molar-refractivity contribution is 5.70. The van der Waals surface area contributed by atoms with E-state index in [0.717, 1.165) is 92.6 Å². The third kappa shape index (κ3) is 6.08. The number of aryl methyl sites for hydroxylation is 3. The number of pyridine rings is 1. The van der Waals surface area contributed by atoms with Gasteiger partial charge in [0, 0.05) is 68.4 Å². The number of likely N-dealkylation sites (tertiary alicyclic amines) is 2. The number of aromatic nitrogens is 3. The summed E-state index contributed by atoms with van der Waals surface area (Å²) in [6.07, 6.45) is 3.38. The number of rotatable bonds is 9. The summed E-state index contributed by atoms with van der Waals surface area (Å²) in [5.74, 6) is 0.759. The van der Waals surface area contributed by atoms with Crippen LogP contribution in [0.25, 0.3) is 5.69 Å². The summed E-state index contributed by atoms with van der Waals surface area (Å²) in [6.45, 7) is 9.40. The van der Waals surface area contributed by atoms with Gasteiger partial charge in [0.15, 0.2) is 0 Å². The Bertz CT molecular complexity index is 1420. The molecule has 0 amide bonds. The Morgan fingerprint density at radius 1 is 1.19 bits per heavy atom. The molecule has 0 saturated carbocycles. The Balaban J connectivity index is 1.05. The van der Waals surface area contributed by atoms with Crippen LogP contribution >= 0.6 is 0 Å². The maximum atomic E-state index is 15.7. The van der Waals surface area contributed by atoms with E-state index in [2.05, 4.69) is 50.5 Å². The molecule has 2 aromatic heterocycles. The number of methoxy groups -OCH3 is 1. The SMILES string of the molecule is COC(=O)C[C@H](CN1CC2(CCN(CCc3ccc4c(n3)NCCC4)CC2F)C1)c1cccc(-n2nc(C)cc2C)c1. The van der Waals surface area contributed by atoms with E-state index in [1.54, 1.807) is 0 Å². The van der Waals surface area contributed by atoms with E-state index in [9.17, 15) is 4.79 Å². The first-order valence-corrected chi connectivity index (χ1v) is 15.3. The highest BCUT2D eigenvalue weighted by Crippen LogP contribution is 2.43. The monoisotopic (exact) mass is 574 g/mol. The van der Waals surface area contributed by atoms with Gasteiger partial charge in [-0.05, 0) is 75.0 Å². The van der Waals surface area contributed by atoms with Crippen LogP contribution in [0.1, 0.15) is 53.4 Å². The minimum atomic E-state index is -0.853. The molecule has 1 N–H and O–H groups in total. The molecule has 0 aliphatic carbocycles. The smallest absolute Gasteiger partial charge is 0.306 e. The van der Waals surface area contributed by atoms with Crippen molar-refractivity contribution in [2.75, 3.05) is 58.2 Å². The van der Waals surface area contributed by atoms with Crippen LogP contribution < -0.4 is 5.32 Å². The average molecular weight is 575 g/mol. The molecule has 3 aliphatic heterocycles.